The lowest BCUT2D eigenvalue weighted by Gasteiger charge is -2.32. The molecule has 0 aromatic heterocycles. The highest BCUT2D eigenvalue weighted by molar-refractivity contribution is 7.92. The van der Waals surface area contributed by atoms with Gasteiger partial charge in [0.05, 0.1) is 11.9 Å². The third-order valence-electron chi connectivity index (χ3n) is 6.70. The molecule has 0 aliphatic rings. The molecule has 0 aliphatic heterocycles. The predicted octanol–water partition coefficient (Wildman–Crippen LogP) is 4.93. The van der Waals surface area contributed by atoms with Crippen LogP contribution in [0.4, 0.5) is 5.69 Å². The maximum Gasteiger partial charge on any atom is 0.243 e. The molecule has 0 fully saturated rings. The zero-order valence-corrected chi connectivity index (χ0v) is 25.0. The Morgan fingerprint density at radius 3 is 2.10 bits per heavy atom. The van der Waals surface area contributed by atoms with E-state index in [0.717, 1.165) is 27.8 Å². The number of nitrogens with one attached hydrogen (secondary N) is 1. The number of nitrogens with zero attached hydrogens (tertiary/aromatic N) is 2. The number of sulfonamides is 1. The molecule has 3 rings (SSSR count). The van der Waals surface area contributed by atoms with E-state index in [2.05, 4.69) is 5.32 Å². The molecule has 0 heterocycles. The molecule has 3 aromatic rings. The van der Waals surface area contributed by atoms with Crippen LogP contribution in [0.5, 0.6) is 0 Å². The number of carbonyl (C=O) groups excluding carboxylic acids is 2. The SMILES string of the molecule is CCNC(=O)[C@@H](Cc1ccccc1)N(Cc1cccc(C)c1)C(=O)CCCN(c1cc(C)cc(C)c1)S(C)(=O)=O. The van der Waals surface area contributed by atoms with Crippen molar-refractivity contribution in [1.29, 1.82) is 0 Å². The predicted molar refractivity (Wildman–Crippen MR) is 162 cm³/mol. The van der Waals surface area contributed by atoms with Crippen LogP contribution in [0.25, 0.3) is 0 Å². The minimum atomic E-state index is -3.56. The number of rotatable bonds is 13. The summed E-state index contributed by atoms with van der Waals surface area (Å²) in [6, 6.07) is 22.5. The molecule has 1 atom stereocenters. The zero-order chi connectivity index (χ0) is 29.3. The summed E-state index contributed by atoms with van der Waals surface area (Å²) >= 11 is 0. The van der Waals surface area contributed by atoms with Gasteiger partial charge in [-0.05, 0) is 68.5 Å². The lowest BCUT2D eigenvalue weighted by atomic mass is 10.0. The van der Waals surface area contributed by atoms with Gasteiger partial charge in [0.1, 0.15) is 6.04 Å². The largest absolute Gasteiger partial charge is 0.355 e. The summed E-state index contributed by atoms with van der Waals surface area (Å²) in [6.07, 6.45) is 1.98. The van der Waals surface area contributed by atoms with Crippen LogP contribution >= 0.6 is 0 Å². The Kier molecular flexibility index (Phi) is 10.9. The van der Waals surface area contributed by atoms with E-state index in [-0.39, 0.29) is 31.3 Å². The summed E-state index contributed by atoms with van der Waals surface area (Å²) < 4.78 is 26.7. The van der Waals surface area contributed by atoms with Crippen molar-refractivity contribution < 1.29 is 18.0 Å². The zero-order valence-electron chi connectivity index (χ0n) is 24.2. The van der Waals surface area contributed by atoms with Gasteiger partial charge < -0.3 is 10.2 Å². The van der Waals surface area contributed by atoms with Crippen molar-refractivity contribution in [3.8, 4) is 0 Å². The summed E-state index contributed by atoms with van der Waals surface area (Å²) in [5, 5.41) is 2.90. The summed E-state index contributed by atoms with van der Waals surface area (Å²) in [5.41, 5.74) is 5.49. The molecule has 0 saturated carbocycles. The molecule has 1 N–H and O–H groups in total. The fourth-order valence-corrected chi connectivity index (χ4v) is 5.90. The highest BCUT2D eigenvalue weighted by Crippen LogP contribution is 2.23. The van der Waals surface area contributed by atoms with Crippen LogP contribution in [0.3, 0.4) is 0 Å². The van der Waals surface area contributed by atoms with E-state index in [4.69, 9.17) is 0 Å². The molecule has 0 saturated heterocycles. The molecule has 214 valence electrons. The lowest BCUT2D eigenvalue weighted by molar-refractivity contribution is -0.141. The van der Waals surface area contributed by atoms with Crippen LogP contribution < -0.4 is 9.62 Å². The molecule has 3 aromatic carbocycles. The molecule has 0 bridgehead atoms. The van der Waals surface area contributed by atoms with Crippen molar-refractivity contribution in [2.45, 2.75) is 59.5 Å². The molecule has 7 nitrogen and oxygen atoms in total. The highest BCUT2D eigenvalue weighted by atomic mass is 32.2. The first-order valence-corrected chi connectivity index (χ1v) is 15.6. The quantitative estimate of drug-likeness (QED) is 0.319. The number of anilines is 1. The number of benzene rings is 3. The molecule has 2 amide bonds. The van der Waals surface area contributed by atoms with Crippen molar-refractivity contribution in [1.82, 2.24) is 10.2 Å². The second-order valence-corrected chi connectivity index (χ2v) is 12.3. The second-order valence-electron chi connectivity index (χ2n) is 10.4. The van der Waals surface area contributed by atoms with E-state index in [1.165, 1.54) is 10.6 Å². The summed E-state index contributed by atoms with van der Waals surface area (Å²) in [6.45, 7) is 8.61. The topological polar surface area (TPSA) is 86.8 Å². The Balaban J connectivity index is 1.87. The van der Waals surface area contributed by atoms with Gasteiger partial charge in [-0.2, -0.15) is 0 Å². The number of amides is 2. The van der Waals surface area contributed by atoms with Gasteiger partial charge in [0.2, 0.25) is 21.8 Å². The molecular weight excluding hydrogens is 522 g/mol. The van der Waals surface area contributed by atoms with Crippen LogP contribution in [0, 0.1) is 20.8 Å². The lowest BCUT2D eigenvalue weighted by Crippen LogP contribution is -2.50. The average molecular weight is 564 g/mol. The monoisotopic (exact) mass is 563 g/mol. The van der Waals surface area contributed by atoms with Gasteiger partial charge in [-0.3, -0.25) is 13.9 Å². The van der Waals surface area contributed by atoms with Gasteiger partial charge in [-0.1, -0.05) is 66.2 Å². The van der Waals surface area contributed by atoms with Crippen molar-refractivity contribution in [3.05, 3.63) is 101 Å². The summed E-state index contributed by atoms with van der Waals surface area (Å²) in [7, 11) is -3.56. The minimum Gasteiger partial charge on any atom is -0.355 e. The van der Waals surface area contributed by atoms with Gasteiger partial charge in [-0.25, -0.2) is 8.42 Å². The smallest absolute Gasteiger partial charge is 0.243 e. The van der Waals surface area contributed by atoms with Gasteiger partial charge in [0.15, 0.2) is 0 Å². The normalized spacial score (nSPS) is 12.0. The first-order valence-electron chi connectivity index (χ1n) is 13.7. The van der Waals surface area contributed by atoms with E-state index in [1.807, 2.05) is 100 Å². The molecule has 0 unspecified atom stereocenters. The first-order chi connectivity index (χ1) is 19.0. The maximum atomic E-state index is 13.8. The van der Waals surface area contributed by atoms with Crippen LogP contribution in [0.1, 0.15) is 47.6 Å². The molecule has 0 spiro atoms. The Morgan fingerprint density at radius 2 is 1.50 bits per heavy atom. The molecule has 8 heteroatoms. The van der Waals surface area contributed by atoms with Crippen molar-refractivity contribution in [3.63, 3.8) is 0 Å². The second kappa shape index (κ2) is 14.1. The van der Waals surface area contributed by atoms with Gasteiger partial charge >= 0.3 is 0 Å². The molecule has 40 heavy (non-hydrogen) atoms. The van der Waals surface area contributed by atoms with E-state index in [1.54, 1.807) is 4.90 Å². The van der Waals surface area contributed by atoms with Crippen molar-refractivity contribution in [2.75, 3.05) is 23.7 Å². The van der Waals surface area contributed by atoms with Crippen molar-refractivity contribution >= 4 is 27.5 Å². The number of likely N-dealkylation sites (N-methyl/N-ethyl adjacent to an activating group) is 1. The van der Waals surface area contributed by atoms with Crippen LogP contribution in [-0.2, 0) is 32.6 Å². The molecule has 0 radical (unpaired) electrons. The first kappa shape index (κ1) is 30.9. The van der Waals surface area contributed by atoms with E-state index < -0.39 is 16.1 Å². The minimum absolute atomic E-state index is 0.104. The summed E-state index contributed by atoms with van der Waals surface area (Å²) in [4.78, 5) is 28.8. The Hall–Kier alpha value is -3.65. The fraction of sp³-hybridized carbons (Fsp3) is 0.375. The third kappa shape index (κ3) is 8.95. The van der Waals surface area contributed by atoms with Crippen molar-refractivity contribution in [2.24, 2.45) is 0 Å². The Bertz CT molecular complexity index is 1390. The maximum absolute atomic E-state index is 13.8. The molecule has 0 aliphatic carbocycles. The van der Waals surface area contributed by atoms with Gasteiger partial charge in [0, 0.05) is 32.5 Å². The number of aryl methyl sites for hydroxylation is 3. The number of carbonyl (C=O) groups is 2. The van der Waals surface area contributed by atoms with Crippen LogP contribution in [-0.4, -0.2) is 50.5 Å². The van der Waals surface area contributed by atoms with Crippen LogP contribution in [0.2, 0.25) is 0 Å². The highest BCUT2D eigenvalue weighted by Gasteiger charge is 2.30. The van der Waals surface area contributed by atoms with E-state index in [9.17, 15) is 18.0 Å². The van der Waals surface area contributed by atoms with E-state index in [0.29, 0.717) is 25.1 Å². The van der Waals surface area contributed by atoms with Gasteiger partial charge in [0.25, 0.3) is 0 Å². The average Bonchev–Trinajstić information content (AvgIpc) is 2.88. The van der Waals surface area contributed by atoms with E-state index >= 15 is 0 Å². The van der Waals surface area contributed by atoms with Crippen LogP contribution in [0.15, 0.2) is 72.8 Å². The number of hydrogen-bond donors (Lipinski definition) is 1. The van der Waals surface area contributed by atoms with Gasteiger partial charge in [-0.15, -0.1) is 0 Å². The molecular formula is C32H41N3O4S. The summed E-state index contributed by atoms with van der Waals surface area (Å²) in [5.74, 6) is -0.400. The number of hydrogen-bond acceptors (Lipinski definition) is 4. The Morgan fingerprint density at radius 1 is 0.850 bits per heavy atom. The third-order valence-corrected chi connectivity index (χ3v) is 7.90. The fourth-order valence-electron chi connectivity index (χ4n) is 4.95. The standard InChI is InChI=1S/C32H41N3O4S/c1-6-33-32(37)30(22-27-13-8-7-9-14-27)34(23-28-15-10-12-24(2)19-28)31(36)16-11-17-35(40(5,38)39)29-20-25(3)18-26(4)21-29/h7-10,12-15,18-21,30H,6,11,16-17,22-23H2,1-5H3,(H,33,37)/t30-/m1/s1. The Labute approximate surface area is 239 Å².